The molecule has 2 aliphatic rings. The molecule has 4 nitrogen and oxygen atoms in total. The third-order valence-corrected chi connectivity index (χ3v) is 4.40. The molecule has 1 heterocycles. The Balaban J connectivity index is 1.93. The molecule has 0 radical (unpaired) electrons. The number of nitrogens with one attached hydrogen (secondary N) is 1. The van der Waals surface area contributed by atoms with E-state index in [0.29, 0.717) is 24.4 Å². The van der Waals surface area contributed by atoms with Crippen LogP contribution in [0, 0.1) is 11.8 Å². The summed E-state index contributed by atoms with van der Waals surface area (Å²) in [5, 5.41) is 12.5. The molecule has 0 spiro atoms. The minimum atomic E-state index is -0.656. The van der Waals surface area contributed by atoms with E-state index in [9.17, 15) is 4.79 Å². The van der Waals surface area contributed by atoms with Gasteiger partial charge in [0.1, 0.15) is 0 Å². The summed E-state index contributed by atoms with van der Waals surface area (Å²) < 4.78 is 0. The van der Waals surface area contributed by atoms with Gasteiger partial charge >= 0.3 is 5.97 Å². The Morgan fingerprint density at radius 3 is 2.72 bits per heavy atom. The lowest BCUT2D eigenvalue weighted by Gasteiger charge is -2.41. The third-order valence-electron chi connectivity index (χ3n) is 4.40. The molecule has 1 aliphatic heterocycles. The van der Waals surface area contributed by atoms with E-state index >= 15 is 0 Å². The molecule has 4 heteroatoms. The van der Waals surface area contributed by atoms with Gasteiger partial charge in [0.2, 0.25) is 0 Å². The van der Waals surface area contributed by atoms with E-state index in [-0.39, 0.29) is 0 Å². The number of carboxylic acids is 1. The van der Waals surface area contributed by atoms with Crippen molar-refractivity contribution in [1.29, 1.82) is 0 Å². The lowest BCUT2D eigenvalue weighted by atomic mass is 9.90. The van der Waals surface area contributed by atoms with E-state index in [4.69, 9.17) is 5.11 Å². The molecule has 2 N–H and O–H groups in total. The van der Waals surface area contributed by atoms with Crippen molar-refractivity contribution in [2.24, 2.45) is 11.8 Å². The highest BCUT2D eigenvalue weighted by molar-refractivity contribution is 5.67. The van der Waals surface area contributed by atoms with Crippen LogP contribution in [0.2, 0.25) is 0 Å². The van der Waals surface area contributed by atoms with Crippen molar-refractivity contribution in [2.75, 3.05) is 19.6 Å². The zero-order valence-electron chi connectivity index (χ0n) is 11.6. The van der Waals surface area contributed by atoms with E-state index in [1.165, 1.54) is 12.8 Å². The standard InChI is InChI=1S/C14H26N2O2/c1-3-15-13-6-11(7-14(17)18)8-16(9-13)10(2)12-4-5-12/h10-13,15H,3-9H2,1-2H3,(H,17,18). The first-order valence-electron chi connectivity index (χ1n) is 7.29. The van der Waals surface area contributed by atoms with Gasteiger partial charge in [-0.15, -0.1) is 0 Å². The van der Waals surface area contributed by atoms with Crippen molar-refractivity contribution in [1.82, 2.24) is 10.2 Å². The maximum Gasteiger partial charge on any atom is 0.303 e. The Morgan fingerprint density at radius 2 is 2.17 bits per heavy atom. The molecular weight excluding hydrogens is 228 g/mol. The molecule has 0 bridgehead atoms. The van der Waals surface area contributed by atoms with Crippen LogP contribution < -0.4 is 5.32 Å². The molecule has 0 aromatic rings. The van der Waals surface area contributed by atoms with Crippen LogP contribution in [0.5, 0.6) is 0 Å². The first-order valence-corrected chi connectivity index (χ1v) is 7.29. The van der Waals surface area contributed by atoms with E-state index in [1.54, 1.807) is 0 Å². The Morgan fingerprint density at radius 1 is 1.44 bits per heavy atom. The molecule has 2 rings (SSSR count). The summed E-state index contributed by atoms with van der Waals surface area (Å²) in [6, 6.07) is 1.09. The van der Waals surface area contributed by atoms with E-state index in [2.05, 4.69) is 24.1 Å². The summed E-state index contributed by atoms with van der Waals surface area (Å²) in [6.45, 7) is 7.45. The number of hydrogen-bond acceptors (Lipinski definition) is 3. The number of carbonyl (C=O) groups is 1. The van der Waals surface area contributed by atoms with Gasteiger partial charge in [-0.05, 0) is 44.6 Å². The number of carboxylic acid groups (broad SMARTS) is 1. The van der Waals surface area contributed by atoms with Crippen molar-refractivity contribution in [3.05, 3.63) is 0 Å². The maximum absolute atomic E-state index is 10.9. The van der Waals surface area contributed by atoms with Gasteiger partial charge in [-0.2, -0.15) is 0 Å². The average Bonchev–Trinajstić information content (AvgIpc) is 3.11. The lowest BCUT2D eigenvalue weighted by molar-refractivity contribution is -0.138. The fourth-order valence-electron chi connectivity index (χ4n) is 3.28. The second kappa shape index (κ2) is 6.02. The highest BCUT2D eigenvalue weighted by Crippen LogP contribution is 2.36. The Hall–Kier alpha value is -0.610. The molecule has 1 saturated heterocycles. The van der Waals surface area contributed by atoms with E-state index < -0.39 is 5.97 Å². The van der Waals surface area contributed by atoms with Crippen LogP contribution in [-0.2, 0) is 4.79 Å². The van der Waals surface area contributed by atoms with Crippen molar-refractivity contribution >= 4 is 5.97 Å². The van der Waals surface area contributed by atoms with E-state index in [1.807, 2.05) is 0 Å². The molecule has 0 amide bonds. The quantitative estimate of drug-likeness (QED) is 0.755. The van der Waals surface area contributed by atoms with Gasteiger partial charge in [0.15, 0.2) is 0 Å². The number of nitrogens with zero attached hydrogens (tertiary/aromatic N) is 1. The third kappa shape index (κ3) is 3.69. The summed E-state index contributed by atoms with van der Waals surface area (Å²) in [6.07, 6.45) is 4.03. The molecule has 1 saturated carbocycles. The highest BCUT2D eigenvalue weighted by atomic mass is 16.4. The molecule has 3 atom stereocenters. The zero-order valence-corrected chi connectivity index (χ0v) is 11.6. The second-order valence-corrected chi connectivity index (χ2v) is 5.99. The van der Waals surface area contributed by atoms with Gasteiger partial charge in [0, 0.05) is 31.6 Å². The number of rotatable bonds is 6. The minimum absolute atomic E-state index is 0.307. The number of hydrogen-bond donors (Lipinski definition) is 2. The molecular formula is C14H26N2O2. The number of piperidine rings is 1. The highest BCUT2D eigenvalue weighted by Gasteiger charge is 2.36. The fourth-order valence-corrected chi connectivity index (χ4v) is 3.28. The first kappa shape index (κ1) is 13.8. The van der Waals surface area contributed by atoms with Crippen molar-refractivity contribution in [3.63, 3.8) is 0 Å². The summed E-state index contributed by atoms with van der Waals surface area (Å²) >= 11 is 0. The van der Waals surface area contributed by atoms with Gasteiger partial charge in [0.05, 0.1) is 0 Å². The van der Waals surface area contributed by atoms with Gasteiger partial charge < -0.3 is 10.4 Å². The largest absolute Gasteiger partial charge is 0.481 e. The molecule has 1 aliphatic carbocycles. The summed E-state index contributed by atoms with van der Waals surface area (Å²) in [4.78, 5) is 13.4. The van der Waals surface area contributed by atoms with Crippen LogP contribution in [0.1, 0.15) is 39.5 Å². The van der Waals surface area contributed by atoms with Crippen LogP contribution in [-0.4, -0.2) is 47.7 Å². The number of likely N-dealkylation sites (tertiary alicyclic amines) is 1. The molecule has 18 heavy (non-hydrogen) atoms. The molecule has 3 unspecified atom stereocenters. The average molecular weight is 254 g/mol. The molecule has 2 fully saturated rings. The summed E-state index contributed by atoms with van der Waals surface area (Å²) in [5.41, 5.74) is 0. The van der Waals surface area contributed by atoms with E-state index in [0.717, 1.165) is 32.0 Å². The minimum Gasteiger partial charge on any atom is -0.481 e. The summed E-state index contributed by atoms with van der Waals surface area (Å²) in [5.74, 6) is 0.508. The monoisotopic (exact) mass is 254 g/mol. The van der Waals surface area contributed by atoms with Crippen molar-refractivity contribution < 1.29 is 9.90 Å². The van der Waals surface area contributed by atoms with Crippen LogP contribution in [0.15, 0.2) is 0 Å². The normalized spacial score (nSPS) is 31.2. The Labute approximate surface area is 110 Å². The smallest absolute Gasteiger partial charge is 0.303 e. The molecule has 0 aromatic carbocycles. The predicted molar refractivity (Wildman–Crippen MR) is 71.6 cm³/mol. The van der Waals surface area contributed by atoms with Gasteiger partial charge in [-0.25, -0.2) is 0 Å². The fraction of sp³-hybridized carbons (Fsp3) is 0.929. The molecule has 0 aromatic heterocycles. The van der Waals surface area contributed by atoms with Crippen molar-refractivity contribution in [3.8, 4) is 0 Å². The lowest BCUT2D eigenvalue weighted by Crippen LogP contribution is -2.52. The van der Waals surface area contributed by atoms with Crippen LogP contribution in [0.25, 0.3) is 0 Å². The van der Waals surface area contributed by atoms with Crippen LogP contribution in [0.4, 0.5) is 0 Å². The predicted octanol–water partition coefficient (Wildman–Crippen LogP) is 1.56. The van der Waals surface area contributed by atoms with Gasteiger partial charge in [0.25, 0.3) is 0 Å². The van der Waals surface area contributed by atoms with Gasteiger partial charge in [-0.3, -0.25) is 9.69 Å². The Kier molecular flexibility index (Phi) is 4.62. The topological polar surface area (TPSA) is 52.6 Å². The number of aliphatic carboxylic acids is 1. The number of likely N-dealkylation sites (N-methyl/N-ethyl adjacent to an activating group) is 1. The van der Waals surface area contributed by atoms with Crippen molar-refractivity contribution in [2.45, 2.75) is 51.6 Å². The molecule has 104 valence electrons. The van der Waals surface area contributed by atoms with Gasteiger partial charge in [-0.1, -0.05) is 6.92 Å². The van der Waals surface area contributed by atoms with Crippen LogP contribution >= 0.6 is 0 Å². The summed E-state index contributed by atoms with van der Waals surface area (Å²) in [7, 11) is 0. The zero-order chi connectivity index (χ0) is 13.1. The first-order chi connectivity index (χ1) is 8.60. The Bertz CT molecular complexity index is 292. The second-order valence-electron chi connectivity index (χ2n) is 5.99. The SMILES string of the molecule is CCNC1CC(CC(=O)O)CN(C(C)C2CC2)C1. The van der Waals surface area contributed by atoms with Crippen LogP contribution in [0.3, 0.4) is 0 Å². The maximum atomic E-state index is 10.9.